The molecule has 116 valence electrons. The maximum absolute atomic E-state index is 12.4. The monoisotopic (exact) mass is 312 g/mol. The number of amides is 3. The van der Waals surface area contributed by atoms with E-state index in [0.29, 0.717) is 23.1 Å². The number of carboxylic acid groups (broad SMARTS) is 1. The van der Waals surface area contributed by atoms with Crippen molar-refractivity contribution in [3.05, 3.63) is 34.9 Å². The van der Waals surface area contributed by atoms with Gasteiger partial charge in [-0.3, -0.25) is 19.7 Å². The molecule has 1 fully saturated rings. The van der Waals surface area contributed by atoms with Crippen LogP contribution in [0.25, 0.3) is 0 Å². The number of nitrogens with zero attached hydrogens (tertiary/aromatic N) is 1. The summed E-state index contributed by atoms with van der Waals surface area (Å²) in [6.07, 6.45) is 0.502. The van der Waals surface area contributed by atoms with Gasteiger partial charge in [0.25, 0.3) is 5.91 Å². The fourth-order valence-electron chi connectivity index (χ4n) is 2.78. The third kappa shape index (κ3) is 2.79. The van der Waals surface area contributed by atoms with E-state index in [0.717, 1.165) is 0 Å². The number of carbonyl (C=O) groups excluding carboxylic acids is 3. The van der Waals surface area contributed by atoms with Crippen molar-refractivity contribution in [3.8, 4) is 11.8 Å². The van der Waals surface area contributed by atoms with Crippen molar-refractivity contribution in [2.75, 3.05) is 0 Å². The Morgan fingerprint density at radius 3 is 2.78 bits per heavy atom. The fourth-order valence-corrected chi connectivity index (χ4v) is 2.78. The first-order chi connectivity index (χ1) is 11.0. The topological polar surface area (TPSA) is 104 Å². The summed E-state index contributed by atoms with van der Waals surface area (Å²) in [5.74, 6) is 2.21. The first kappa shape index (κ1) is 14.8. The van der Waals surface area contributed by atoms with Crippen LogP contribution in [0.3, 0.4) is 0 Å². The van der Waals surface area contributed by atoms with E-state index >= 15 is 0 Å². The van der Waals surface area contributed by atoms with Crippen molar-refractivity contribution in [1.29, 1.82) is 0 Å². The van der Waals surface area contributed by atoms with Crippen LogP contribution in [0.5, 0.6) is 0 Å². The van der Waals surface area contributed by atoms with Gasteiger partial charge in [-0.05, 0) is 30.2 Å². The predicted molar refractivity (Wildman–Crippen MR) is 77.0 cm³/mol. The van der Waals surface area contributed by atoms with Crippen molar-refractivity contribution in [3.63, 3.8) is 0 Å². The van der Waals surface area contributed by atoms with E-state index < -0.39 is 17.9 Å². The van der Waals surface area contributed by atoms with E-state index in [1.54, 1.807) is 18.2 Å². The molecule has 3 amide bonds. The molecule has 7 heteroatoms. The average molecular weight is 312 g/mol. The molecule has 0 aromatic heterocycles. The lowest BCUT2D eigenvalue weighted by molar-refractivity contribution is -0.137. The van der Waals surface area contributed by atoms with Crippen molar-refractivity contribution in [2.24, 2.45) is 0 Å². The number of piperidine rings is 1. The Morgan fingerprint density at radius 2 is 2.09 bits per heavy atom. The van der Waals surface area contributed by atoms with Gasteiger partial charge in [0.1, 0.15) is 6.04 Å². The summed E-state index contributed by atoms with van der Waals surface area (Å²) in [5.41, 5.74) is 1.65. The van der Waals surface area contributed by atoms with E-state index in [1.807, 2.05) is 5.92 Å². The molecule has 1 aromatic carbocycles. The second-order valence-corrected chi connectivity index (χ2v) is 5.33. The molecule has 2 heterocycles. The number of benzene rings is 1. The molecule has 3 rings (SSSR count). The number of rotatable bonds is 1. The third-order valence-corrected chi connectivity index (χ3v) is 3.84. The van der Waals surface area contributed by atoms with Gasteiger partial charge >= 0.3 is 5.97 Å². The lowest BCUT2D eigenvalue weighted by Crippen LogP contribution is -2.52. The highest BCUT2D eigenvalue weighted by Gasteiger charge is 2.38. The third-order valence-electron chi connectivity index (χ3n) is 3.84. The van der Waals surface area contributed by atoms with Crippen molar-refractivity contribution in [1.82, 2.24) is 10.2 Å². The highest BCUT2D eigenvalue weighted by Crippen LogP contribution is 2.27. The first-order valence-corrected chi connectivity index (χ1v) is 6.98. The lowest BCUT2D eigenvalue weighted by Gasteiger charge is -2.29. The van der Waals surface area contributed by atoms with Gasteiger partial charge in [0.05, 0.1) is 0 Å². The lowest BCUT2D eigenvalue weighted by atomic mass is 10.0. The second kappa shape index (κ2) is 5.57. The molecule has 0 saturated carbocycles. The van der Waals surface area contributed by atoms with Gasteiger partial charge < -0.3 is 10.0 Å². The molecular formula is C16H12N2O5. The highest BCUT2D eigenvalue weighted by molar-refractivity contribution is 6.05. The highest BCUT2D eigenvalue weighted by atomic mass is 16.4. The Hall–Kier alpha value is -3.14. The second-order valence-electron chi connectivity index (χ2n) is 5.33. The normalized spacial score (nSPS) is 19.7. The van der Waals surface area contributed by atoms with Crippen LogP contribution in [0.1, 0.15) is 34.3 Å². The molecule has 0 aliphatic carbocycles. The number of hydrogen-bond acceptors (Lipinski definition) is 4. The largest absolute Gasteiger partial charge is 0.472 e. The van der Waals surface area contributed by atoms with Gasteiger partial charge in [-0.2, -0.15) is 0 Å². The molecule has 2 N–H and O–H groups in total. The number of carbonyl (C=O) groups is 4. The minimum Gasteiger partial charge on any atom is -0.472 e. The van der Waals surface area contributed by atoms with Crippen molar-refractivity contribution in [2.45, 2.75) is 25.4 Å². The maximum atomic E-state index is 12.4. The average Bonchev–Trinajstić information content (AvgIpc) is 2.82. The summed E-state index contributed by atoms with van der Waals surface area (Å²) < 4.78 is 0. The van der Waals surface area contributed by atoms with Crippen LogP contribution in [-0.4, -0.2) is 39.7 Å². The molecule has 1 saturated heterocycles. The van der Waals surface area contributed by atoms with Crippen LogP contribution in [0.4, 0.5) is 0 Å². The first-order valence-electron chi connectivity index (χ1n) is 6.98. The molecule has 1 atom stereocenters. The molecule has 0 spiro atoms. The number of fused-ring (bicyclic) bond motifs is 1. The zero-order chi connectivity index (χ0) is 16.6. The zero-order valence-corrected chi connectivity index (χ0v) is 12.0. The summed E-state index contributed by atoms with van der Waals surface area (Å²) in [4.78, 5) is 47.5. The number of nitrogens with one attached hydrogen (secondary N) is 1. The SMILES string of the molecule is O=C(O)C#Cc1ccc2c(c1)CN(C1CCC(=O)NC1=O)C2=O. The Labute approximate surface area is 131 Å². The molecule has 1 unspecified atom stereocenters. The molecule has 1 aromatic rings. The number of imide groups is 1. The Balaban J connectivity index is 1.85. The smallest absolute Gasteiger partial charge is 0.382 e. The van der Waals surface area contributed by atoms with Crippen LogP contribution in [-0.2, 0) is 20.9 Å². The summed E-state index contributed by atoms with van der Waals surface area (Å²) in [6.45, 7) is 0.239. The van der Waals surface area contributed by atoms with Gasteiger partial charge in [-0.25, -0.2) is 4.79 Å². The fraction of sp³-hybridized carbons (Fsp3) is 0.250. The number of aliphatic carboxylic acids is 1. The zero-order valence-electron chi connectivity index (χ0n) is 12.0. The molecule has 0 radical (unpaired) electrons. The quantitative estimate of drug-likeness (QED) is 0.556. The number of hydrogen-bond donors (Lipinski definition) is 2. The van der Waals surface area contributed by atoms with E-state index in [9.17, 15) is 19.2 Å². The molecule has 7 nitrogen and oxygen atoms in total. The minimum atomic E-state index is -1.23. The summed E-state index contributed by atoms with van der Waals surface area (Å²) in [7, 11) is 0. The number of carboxylic acids is 1. The molecular weight excluding hydrogens is 300 g/mol. The van der Waals surface area contributed by atoms with E-state index in [2.05, 4.69) is 11.2 Å². The van der Waals surface area contributed by atoms with E-state index in [4.69, 9.17) is 5.11 Å². The van der Waals surface area contributed by atoms with Crippen LogP contribution in [0.2, 0.25) is 0 Å². The van der Waals surface area contributed by atoms with E-state index in [-0.39, 0.29) is 24.8 Å². The Morgan fingerprint density at radius 1 is 1.30 bits per heavy atom. The molecule has 2 aliphatic rings. The molecule has 0 bridgehead atoms. The van der Waals surface area contributed by atoms with Crippen molar-refractivity contribution < 1.29 is 24.3 Å². The Bertz CT molecular complexity index is 802. The Kier molecular flexibility index (Phi) is 3.58. The minimum absolute atomic E-state index is 0.200. The summed E-state index contributed by atoms with van der Waals surface area (Å²) >= 11 is 0. The standard InChI is InChI=1S/C16H12N2O5/c19-13-5-4-12(15(22)17-13)18-8-10-7-9(2-6-14(20)21)1-3-11(10)16(18)23/h1,3,7,12H,4-5,8H2,(H,20,21)(H,17,19,22). The van der Waals surface area contributed by atoms with E-state index in [1.165, 1.54) is 4.90 Å². The van der Waals surface area contributed by atoms with Gasteiger partial charge in [0.2, 0.25) is 11.8 Å². The van der Waals surface area contributed by atoms with Gasteiger partial charge in [0, 0.05) is 30.0 Å². The molecule has 23 heavy (non-hydrogen) atoms. The summed E-state index contributed by atoms with van der Waals surface area (Å²) in [5, 5.41) is 10.8. The predicted octanol–water partition coefficient (Wildman–Crippen LogP) is -0.116. The molecule has 2 aliphatic heterocycles. The maximum Gasteiger partial charge on any atom is 0.382 e. The van der Waals surface area contributed by atoms with Crippen LogP contribution in [0.15, 0.2) is 18.2 Å². The van der Waals surface area contributed by atoms with Crippen LogP contribution >= 0.6 is 0 Å². The van der Waals surface area contributed by atoms with Crippen LogP contribution in [0, 0.1) is 11.8 Å². The van der Waals surface area contributed by atoms with Crippen LogP contribution < -0.4 is 5.32 Å². The summed E-state index contributed by atoms with van der Waals surface area (Å²) in [6, 6.07) is 4.13. The van der Waals surface area contributed by atoms with Gasteiger partial charge in [0.15, 0.2) is 0 Å². The van der Waals surface area contributed by atoms with Gasteiger partial charge in [-0.1, -0.05) is 5.92 Å². The van der Waals surface area contributed by atoms with Gasteiger partial charge in [-0.15, -0.1) is 0 Å². The van der Waals surface area contributed by atoms with Crippen molar-refractivity contribution >= 4 is 23.7 Å².